The second kappa shape index (κ2) is 12.0. The van der Waals surface area contributed by atoms with Gasteiger partial charge in [-0.1, -0.05) is 41.7 Å². The molecule has 0 radical (unpaired) electrons. The molecule has 10 heteroatoms. The van der Waals surface area contributed by atoms with E-state index in [0.717, 1.165) is 16.9 Å². The number of ether oxygens (including phenoxy) is 4. The number of aromatic nitrogens is 1. The Morgan fingerprint density at radius 3 is 2.31 bits per heavy atom. The number of methoxy groups -OCH3 is 2. The minimum absolute atomic E-state index is 0.183. The van der Waals surface area contributed by atoms with E-state index >= 15 is 0 Å². The van der Waals surface area contributed by atoms with Gasteiger partial charge in [-0.15, -0.1) is 0 Å². The molecule has 1 heterocycles. The Hall–Kier alpha value is -3.92. The molecule has 0 aliphatic rings. The van der Waals surface area contributed by atoms with Crippen molar-refractivity contribution >= 4 is 34.3 Å². The van der Waals surface area contributed by atoms with Crippen molar-refractivity contribution in [2.24, 2.45) is 0 Å². The second-order valence-electron chi connectivity index (χ2n) is 7.24. The molecule has 0 spiro atoms. The van der Waals surface area contributed by atoms with E-state index in [1.807, 2.05) is 30.3 Å². The molecule has 0 saturated carbocycles. The quantitative estimate of drug-likeness (QED) is 0.386. The Morgan fingerprint density at radius 2 is 1.66 bits per heavy atom. The first kappa shape index (κ1) is 25.7. The van der Waals surface area contributed by atoms with Crippen LogP contribution in [0.4, 0.5) is 5.13 Å². The molecule has 9 nitrogen and oxygen atoms in total. The third kappa shape index (κ3) is 6.36. The number of hydrogen-bond acceptors (Lipinski definition) is 9. The SMILES string of the molecule is CCOC(=O)c1sc(N(Cc2ccccc2)C(=O)COC(=O)c2ccc(OC)c(OC)c2)nc1C. The Bertz CT molecular complexity index is 1190. The van der Waals surface area contributed by atoms with Crippen molar-refractivity contribution in [2.75, 3.05) is 32.3 Å². The Balaban J connectivity index is 1.80. The summed E-state index contributed by atoms with van der Waals surface area (Å²) >= 11 is 1.05. The molecular weight excluding hydrogens is 472 g/mol. The maximum absolute atomic E-state index is 13.2. The Kier molecular flexibility index (Phi) is 8.80. The van der Waals surface area contributed by atoms with Crippen LogP contribution in [-0.2, 0) is 20.8 Å². The topological polar surface area (TPSA) is 104 Å². The number of nitrogens with zero attached hydrogens (tertiary/aromatic N) is 2. The van der Waals surface area contributed by atoms with Crippen molar-refractivity contribution in [3.63, 3.8) is 0 Å². The third-order valence-corrected chi connectivity index (χ3v) is 6.07. The monoisotopic (exact) mass is 498 g/mol. The van der Waals surface area contributed by atoms with Crippen LogP contribution in [0.5, 0.6) is 11.5 Å². The number of aryl methyl sites for hydroxylation is 1. The number of rotatable bonds is 10. The summed E-state index contributed by atoms with van der Waals surface area (Å²) in [6, 6.07) is 13.9. The smallest absolute Gasteiger partial charge is 0.350 e. The number of hydrogen-bond donors (Lipinski definition) is 0. The van der Waals surface area contributed by atoms with Gasteiger partial charge < -0.3 is 18.9 Å². The molecule has 0 aliphatic carbocycles. The zero-order chi connectivity index (χ0) is 25.4. The number of carbonyl (C=O) groups excluding carboxylic acids is 3. The first-order valence-corrected chi connectivity index (χ1v) is 11.6. The zero-order valence-corrected chi connectivity index (χ0v) is 20.7. The summed E-state index contributed by atoms with van der Waals surface area (Å²) < 4.78 is 20.8. The maximum Gasteiger partial charge on any atom is 0.350 e. The van der Waals surface area contributed by atoms with Gasteiger partial charge in [-0.3, -0.25) is 9.69 Å². The highest BCUT2D eigenvalue weighted by Gasteiger charge is 2.25. The van der Waals surface area contributed by atoms with E-state index in [1.165, 1.54) is 31.3 Å². The molecule has 3 aromatic rings. The van der Waals surface area contributed by atoms with Crippen LogP contribution in [-0.4, -0.2) is 50.3 Å². The minimum Gasteiger partial charge on any atom is -0.493 e. The maximum atomic E-state index is 13.2. The van der Waals surface area contributed by atoms with E-state index in [4.69, 9.17) is 18.9 Å². The van der Waals surface area contributed by atoms with Gasteiger partial charge in [0, 0.05) is 0 Å². The fourth-order valence-corrected chi connectivity index (χ4v) is 4.14. The molecule has 0 N–H and O–H groups in total. The highest BCUT2D eigenvalue weighted by atomic mass is 32.1. The van der Waals surface area contributed by atoms with Crippen molar-refractivity contribution in [1.82, 2.24) is 4.98 Å². The Labute approximate surface area is 207 Å². The minimum atomic E-state index is -0.693. The summed E-state index contributed by atoms with van der Waals surface area (Å²) in [6.45, 7) is 3.28. The lowest BCUT2D eigenvalue weighted by atomic mass is 10.2. The lowest BCUT2D eigenvalue weighted by Gasteiger charge is -2.20. The van der Waals surface area contributed by atoms with Gasteiger partial charge in [-0.25, -0.2) is 14.6 Å². The summed E-state index contributed by atoms with van der Waals surface area (Å²) in [5, 5.41) is 0.307. The molecule has 184 valence electrons. The molecule has 35 heavy (non-hydrogen) atoms. The zero-order valence-electron chi connectivity index (χ0n) is 19.9. The molecular formula is C25H26N2O7S. The largest absolute Gasteiger partial charge is 0.493 e. The number of carbonyl (C=O) groups is 3. The van der Waals surface area contributed by atoms with Crippen molar-refractivity contribution in [1.29, 1.82) is 0 Å². The van der Waals surface area contributed by atoms with E-state index in [9.17, 15) is 14.4 Å². The van der Waals surface area contributed by atoms with Gasteiger partial charge in [-0.05, 0) is 37.6 Å². The van der Waals surface area contributed by atoms with Crippen LogP contribution in [0.1, 0.15) is 38.2 Å². The fraction of sp³-hybridized carbons (Fsp3) is 0.280. The van der Waals surface area contributed by atoms with E-state index in [2.05, 4.69) is 4.98 Å². The van der Waals surface area contributed by atoms with Crippen LogP contribution in [0.25, 0.3) is 0 Å². The van der Waals surface area contributed by atoms with Gasteiger partial charge in [0.25, 0.3) is 5.91 Å². The molecule has 2 aromatic carbocycles. The third-order valence-electron chi connectivity index (χ3n) is 4.91. The van der Waals surface area contributed by atoms with Gasteiger partial charge in [0.2, 0.25) is 0 Å². The number of anilines is 1. The highest BCUT2D eigenvalue weighted by Crippen LogP contribution is 2.29. The van der Waals surface area contributed by atoms with Crippen molar-refractivity contribution in [2.45, 2.75) is 20.4 Å². The van der Waals surface area contributed by atoms with E-state index in [-0.39, 0.29) is 18.7 Å². The van der Waals surface area contributed by atoms with Gasteiger partial charge in [-0.2, -0.15) is 0 Å². The standard InChI is InChI=1S/C25H26N2O7S/c1-5-33-24(30)22-16(2)26-25(35-22)27(14-17-9-7-6-8-10-17)21(28)15-34-23(29)18-11-12-19(31-3)20(13-18)32-4/h6-13H,5,14-15H2,1-4H3. The summed E-state index contributed by atoms with van der Waals surface area (Å²) in [5.41, 5.74) is 1.51. The molecule has 1 amide bonds. The number of esters is 2. The van der Waals surface area contributed by atoms with Crippen LogP contribution in [0.3, 0.4) is 0 Å². The van der Waals surface area contributed by atoms with Crippen molar-refractivity contribution in [3.05, 3.63) is 70.2 Å². The summed E-state index contributed by atoms with van der Waals surface area (Å²) in [6.07, 6.45) is 0. The summed E-state index contributed by atoms with van der Waals surface area (Å²) in [7, 11) is 2.95. The van der Waals surface area contributed by atoms with E-state index in [0.29, 0.717) is 27.2 Å². The number of amides is 1. The van der Waals surface area contributed by atoms with Gasteiger partial charge in [0.1, 0.15) is 4.88 Å². The van der Waals surface area contributed by atoms with Crippen molar-refractivity contribution < 1.29 is 33.3 Å². The Morgan fingerprint density at radius 1 is 0.943 bits per heavy atom. The summed E-state index contributed by atoms with van der Waals surface area (Å²) in [5.74, 6) is -0.858. The van der Waals surface area contributed by atoms with Gasteiger partial charge in [0.15, 0.2) is 23.2 Å². The number of benzene rings is 2. The first-order chi connectivity index (χ1) is 16.9. The van der Waals surface area contributed by atoms with E-state index < -0.39 is 24.5 Å². The van der Waals surface area contributed by atoms with Crippen LogP contribution in [0, 0.1) is 6.92 Å². The normalized spacial score (nSPS) is 10.4. The molecule has 0 saturated heterocycles. The van der Waals surface area contributed by atoms with Crippen LogP contribution in [0.15, 0.2) is 48.5 Å². The molecule has 0 fully saturated rings. The second-order valence-corrected chi connectivity index (χ2v) is 8.22. The first-order valence-electron chi connectivity index (χ1n) is 10.8. The van der Waals surface area contributed by atoms with E-state index in [1.54, 1.807) is 19.9 Å². The molecule has 1 aromatic heterocycles. The average molecular weight is 499 g/mol. The van der Waals surface area contributed by atoms with Crippen LogP contribution in [0.2, 0.25) is 0 Å². The molecule has 0 bridgehead atoms. The lowest BCUT2D eigenvalue weighted by Crippen LogP contribution is -2.34. The average Bonchev–Trinajstić information content (AvgIpc) is 3.27. The van der Waals surface area contributed by atoms with Crippen LogP contribution >= 0.6 is 11.3 Å². The van der Waals surface area contributed by atoms with Gasteiger partial charge >= 0.3 is 11.9 Å². The molecule has 0 aliphatic heterocycles. The predicted molar refractivity (Wildman–Crippen MR) is 130 cm³/mol. The molecule has 0 atom stereocenters. The molecule has 3 rings (SSSR count). The fourth-order valence-electron chi connectivity index (χ4n) is 3.16. The predicted octanol–water partition coefficient (Wildman–Crippen LogP) is 4.04. The van der Waals surface area contributed by atoms with Crippen molar-refractivity contribution in [3.8, 4) is 11.5 Å². The lowest BCUT2D eigenvalue weighted by molar-refractivity contribution is -0.121. The van der Waals surface area contributed by atoms with Gasteiger partial charge in [0.05, 0.1) is 38.6 Å². The van der Waals surface area contributed by atoms with Crippen LogP contribution < -0.4 is 14.4 Å². The molecule has 0 unspecified atom stereocenters. The summed E-state index contributed by atoms with van der Waals surface area (Å²) in [4.78, 5) is 44.1. The highest BCUT2D eigenvalue weighted by molar-refractivity contribution is 7.17. The number of thiazole rings is 1.